The van der Waals surface area contributed by atoms with Crippen molar-refractivity contribution in [1.82, 2.24) is 15.2 Å². The van der Waals surface area contributed by atoms with Crippen molar-refractivity contribution in [3.8, 4) is 0 Å². The molecule has 2 aromatic heterocycles. The largest absolute Gasteiger partial charge is 0.333 e. The van der Waals surface area contributed by atoms with E-state index in [9.17, 15) is 18.0 Å². The molecule has 0 aliphatic heterocycles. The minimum atomic E-state index is -2.81. The number of halogens is 3. The summed E-state index contributed by atoms with van der Waals surface area (Å²) in [6, 6.07) is 3.89. The molecule has 19 heavy (non-hydrogen) atoms. The van der Waals surface area contributed by atoms with Gasteiger partial charge in [-0.1, -0.05) is 0 Å². The Bertz CT molecular complexity index is 607. The van der Waals surface area contributed by atoms with E-state index in [-0.39, 0.29) is 10.8 Å². The molecule has 0 radical (unpaired) electrons. The van der Waals surface area contributed by atoms with Crippen molar-refractivity contribution in [2.24, 2.45) is 5.10 Å². The Kier molecular flexibility index (Phi) is 3.95. The second kappa shape index (κ2) is 5.65. The molecular weight excluding hydrogens is 281 g/mol. The first-order valence-corrected chi connectivity index (χ1v) is 5.80. The van der Waals surface area contributed by atoms with Crippen LogP contribution in [0.3, 0.4) is 0 Å². The van der Waals surface area contributed by atoms with Crippen LogP contribution in [0.4, 0.5) is 13.2 Å². The van der Waals surface area contributed by atoms with Crippen molar-refractivity contribution in [1.29, 1.82) is 0 Å². The predicted molar refractivity (Wildman–Crippen MR) is 62.8 cm³/mol. The van der Waals surface area contributed by atoms with Gasteiger partial charge < -0.3 is 0 Å². The van der Waals surface area contributed by atoms with Gasteiger partial charge in [0.15, 0.2) is 10.8 Å². The maximum atomic E-state index is 12.6. The first kappa shape index (κ1) is 13.3. The summed E-state index contributed by atoms with van der Waals surface area (Å²) in [5.41, 5.74) is 1.92. The number of hydrogen-bond acceptors (Lipinski definition) is 4. The van der Waals surface area contributed by atoms with E-state index in [0.717, 1.165) is 23.6 Å². The number of alkyl halides is 2. The lowest BCUT2D eigenvalue weighted by Gasteiger charge is -1.97. The summed E-state index contributed by atoms with van der Waals surface area (Å²) in [6.45, 7) is -2.81. The van der Waals surface area contributed by atoms with Gasteiger partial charge in [0.25, 0.3) is 5.91 Å². The lowest BCUT2D eigenvalue weighted by molar-refractivity contribution is 0.0560. The Balaban J connectivity index is 1.95. The Morgan fingerprint density at radius 1 is 1.47 bits per heavy atom. The fourth-order valence-corrected chi connectivity index (χ4v) is 1.78. The second-order valence-electron chi connectivity index (χ2n) is 3.30. The topological polar surface area (TPSA) is 59.3 Å². The standard InChI is InChI=1S/C10H7F3N4OS/c11-8-2-1-6(19-8)5-14-15-9(18)7-3-4-17(16-7)10(12)13/h1-5,10H,(H,15,18). The molecule has 0 unspecified atom stereocenters. The van der Waals surface area contributed by atoms with E-state index in [4.69, 9.17) is 0 Å². The summed E-state index contributed by atoms with van der Waals surface area (Å²) >= 11 is 0.857. The van der Waals surface area contributed by atoms with Crippen molar-refractivity contribution < 1.29 is 18.0 Å². The predicted octanol–water partition coefficient (Wildman–Crippen LogP) is 2.24. The van der Waals surface area contributed by atoms with Crippen molar-refractivity contribution in [3.63, 3.8) is 0 Å². The third-order valence-corrected chi connectivity index (χ3v) is 2.80. The van der Waals surface area contributed by atoms with Gasteiger partial charge in [-0.15, -0.1) is 11.3 Å². The molecule has 2 heterocycles. The normalized spacial score (nSPS) is 11.4. The molecule has 2 rings (SSSR count). The van der Waals surface area contributed by atoms with Crippen LogP contribution in [0.25, 0.3) is 0 Å². The van der Waals surface area contributed by atoms with Gasteiger partial charge >= 0.3 is 6.55 Å². The molecule has 1 N–H and O–H groups in total. The van der Waals surface area contributed by atoms with Gasteiger partial charge in [-0.3, -0.25) is 4.79 Å². The van der Waals surface area contributed by atoms with E-state index in [1.165, 1.54) is 18.3 Å². The summed E-state index contributed by atoms with van der Waals surface area (Å²) in [5.74, 6) is -0.729. The van der Waals surface area contributed by atoms with Crippen LogP contribution >= 0.6 is 11.3 Å². The van der Waals surface area contributed by atoms with Crippen molar-refractivity contribution in [2.45, 2.75) is 6.55 Å². The smallest absolute Gasteiger partial charge is 0.265 e. The first-order valence-electron chi connectivity index (χ1n) is 4.98. The highest BCUT2D eigenvalue weighted by Gasteiger charge is 2.12. The van der Waals surface area contributed by atoms with Crippen molar-refractivity contribution in [2.75, 3.05) is 0 Å². The molecule has 0 bridgehead atoms. The molecule has 1 amide bonds. The molecule has 0 saturated carbocycles. The number of rotatable bonds is 4. The molecule has 0 spiro atoms. The molecule has 2 aromatic rings. The van der Waals surface area contributed by atoms with Crippen LogP contribution in [-0.2, 0) is 0 Å². The minimum Gasteiger partial charge on any atom is -0.265 e. The zero-order valence-electron chi connectivity index (χ0n) is 9.26. The molecule has 0 aliphatic rings. The van der Waals surface area contributed by atoms with Crippen LogP contribution in [0.1, 0.15) is 21.9 Å². The van der Waals surface area contributed by atoms with Crippen LogP contribution in [0.15, 0.2) is 29.5 Å². The van der Waals surface area contributed by atoms with E-state index < -0.39 is 12.5 Å². The zero-order valence-corrected chi connectivity index (χ0v) is 10.1. The van der Waals surface area contributed by atoms with Crippen molar-refractivity contribution in [3.05, 3.63) is 40.1 Å². The summed E-state index contributed by atoms with van der Waals surface area (Å²) in [5, 5.41) is 6.56. The summed E-state index contributed by atoms with van der Waals surface area (Å²) < 4.78 is 37.4. The number of nitrogens with one attached hydrogen (secondary N) is 1. The summed E-state index contributed by atoms with van der Waals surface area (Å²) in [6.07, 6.45) is 2.23. The molecular formula is C10H7F3N4OS. The lowest BCUT2D eigenvalue weighted by Crippen LogP contribution is -2.18. The Morgan fingerprint density at radius 2 is 2.26 bits per heavy atom. The number of hydrogen-bond donors (Lipinski definition) is 1. The fourth-order valence-electron chi connectivity index (χ4n) is 1.18. The van der Waals surface area contributed by atoms with E-state index in [2.05, 4.69) is 15.6 Å². The molecule has 0 aromatic carbocycles. The number of thiophene rings is 1. The molecule has 0 atom stereocenters. The van der Waals surface area contributed by atoms with Gasteiger partial charge in [-0.05, 0) is 18.2 Å². The summed E-state index contributed by atoms with van der Waals surface area (Å²) in [7, 11) is 0. The second-order valence-corrected chi connectivity index (χ2v) is 4.37. The van der Waals surface area contributed by atoms with Gasteiger partial charge in [-0.25, -0.2) is 10.1 Å². The summed E-state index contributed by atoms with van der Waals surface area (Å²) in [4.78, 5) is 12.0. The van der Waals surface area contributed by atoms with Gasteiger partial charge in [0.1, 0.15) is 0 Å². The molecule has 100 valence electrons. The SMILES string of the molecule is O=C(NN=Cc1ccc(F)s1)c1ccn(C(F)F)n1. The lowest BCUT2D eigenvalue weighted by atomic mass is 10.4. The Labute approximate surface area is 109 Å². The number of hydrazone groups is 1. The molecule has 0 saturated heterocycles. The van der Waals surface area contributed by atoms with Gasteiger partial charge in [-0.2, -0.15) is 23.4 Å². The van der Waals surface area contributed by atoms with Crippen LogP contribution < -0.4 is 5.43 Å². The number of aromatic nitrogens is 2. The van der Waals surface area contributed by atoms with Crippen LogP contribution in [0.2, 0.25) is 0 Å². The van der Waals surface area contributed by atoms with Crippen LogP contribution in [0, 0.1) is 5.13 Å². The Hall–Kier alpha value is -2.16. The highest BCUT2D eigenvalue weighted by Crippen LogP contribution is 2.11. The third kappa shape index (κ3) is 3.41. The van der Waals surface area contributed by atoms with Crippen LogP contribution in [-0.4, -0.2) is 21.9 Å². The Morgan fingerprint density at radius 3 is 2.84 bits per heavy atom. The van der Waals surface area contributed by atoms with E-state index in [1.54, 1.807) is 0 Å². The fraction of sp³-hybridized carbons (Fsp3) is 0.100. The van der Waals surface area contributed by atoms with E-state index in [1.807, 2.05) is 0 Å². The first-order chi connectivity index (χ1) is 9.06. The zero-order chi connectivity index (χ0) is 13.8. The van der Waals surface area contributed by atoms with Gasteiger partial charge in [0, 0.05) is 6.20 Å². The molecule has 0 fully saturated rings. The van der Waals surface area contributed by atoms with Crippen molar-refractivity contribution >= 4 is 23.5 Å². The average molecular weight is 288 g/mol. The van der Waals surface area contributed by atoms with Crippen LogP contribution in [0.5, 0.6) is 0 Å². The quantitative estimate of drug-likeness (QED) is 0.693. The highest BCUT2D eigenvalue weighted by atomic mass is 32.1. The maximum Gasteiger partial charge on any atom is 0.333 e. The molecule has 0 aliphatic carbocycles. The number of carbonyl (C=O) groups excluding carboxylic acids is 1. The van der Waals surface area contributed by atoms with Gasteiger partial charge in [0.2, 0.25) is 0 Å². The minimum absolute atomic E-state index is 0.185. The number of nitrogens with zero attached hydrogens (tertiary/aromatic N) is 3. The maximum absolute atomic E-state index is 12.6. The third-order valence-electron chi connectivity index (χ3n) is 1.99. The number of amides is 1. The molecule has 9 heteroatoms. The number of carbonyl (C=O) groups is 1. The molecule has 5 nitrogen and oxygen atoms in total. The average Bonchev–Trinajstić information content (AvgIpc) is 2.98. The monoisotopic (exact) mass is 288 g/mol. The highest BCUT2D eigenvalue weighted by molar-refractivity contribution is 7.12. The van der Waals surface area contributed by atoms with E-state index in [0.29, 0.717) is 9.56 Å². The van der Waals surface area contributed by atoms with E-state index >= 15 is 0 Å². The van der Waals surface area contributed by atoms with Gasteiger partial charge in [0.05, 0.1) is 11.1 Å².